The number of hydrogen-bond donors (Lipinski definition) is 1. The molecule has 0 fully saturated rings. The van der Waals surface area contributed by atoms with Crippen LogP contribution >= 0.6 is 0 Å². The Morgan fingerprint density at radius 3 is 2.26 bits per heavy atom. The van der Waals surface area contributed by atoms with Crippen molar-refractivity contribution in [3.05, 3.63) is 78.4 Å². The van der Waals surface area contributed by atoms with Gasteiger partial charge in [-0.1, -0.05) is 54.6 Å². The van der Waals surface area contributed by atoms with Crippen LogP contribution < -0.4 is 15.2 Å². The van der Waals surface area contributed by atoms with E-state index in [1.54, 1.807) is 7.11 Å². The molecule has 2 N–H and O–H groups in total. The Balaban J connectivity index is 1.76. The standard InChI is InChI=1S/C20H19NO2/c1-22-20-18(8-5-9-19(20)21)16-10-12-17(13-11-16)23-14-15-6-3-2-4-7-15/h2-13H,14,21H2,1H3. The molecular weight excluding hydrogens is 286 g/mol. The summed E-state index contributed by atoms with van der Waals surface area (Å²) in [6, 6.07) is 23.8. The highest BCUT2D eigenvalue weighted by molar-refractivity contribution is 5.77. The van der Waals surface area contributed by atoms with Gasteiger partial charge >= 0.3 is 0 Å². The lowest BCUT2D eigenvalue weighted by Gasteiger charge is -2.12. The van der Waals surface area contributed by atoms with Crippen molar-refractivity contribution < 1.29 is 9.47 Å². The molecule has 0 unspecified atom stereocenters. The van der Waals surface area contributed by atoms with Crippen molar-refractivity contribution in [2.24, 2.45) is 0 Å². The van der Waals surface area contributed by atoms with Gasteiger partial charge in [0.05, 0.1) is 12.8 Å². The minimum absolute atomic E-state index is 0.557. The van der Waals surface area contributed by atoms with Gasteiger partial charge < -0.3 is 15.2 Å². The first kappa shape index (κ1) is 15.0. The maximum atomic E-state index is 5.96. The molecule has 0 spiro atoms. The van der Waals surface area contributed by atoms with Crippen LogP contribution in [0.1, 0.15) is 5.56 Å². The molecule has 0 saturated heterocycles. The molecule has 3 heteroatoms. The Kier molecular flexibility index (Phi) is 4.48. The third-order valence-corrected chi connectivity index (χ3v) is 3.66. The fourth-order valence-corrected chi connectivity index (χ4v) is 2.48. The lowest BCUT2D eigenvalue weighted by Crippen LogP contribution is -1.96. The summed E-state index contributed by atoms with van der Waals surface area (Å²) in [5.41, 5.74) is 9.76. The van der Waals surface area contributed by atoms with Crippen molar-refractivity contribution in [1.82, 2.24) is 0 Å². The summed E-state index contributed by atoms with van der Waals surface area (Å²) in [5.74, 6) is 1.53. The fraction of sp³-hybridized carbons (Fsp3) is 0.100. The SMILES string of the molecule is COc1c(N)cccc1-c1ccc(OCc2ccccc2)cc1. The van der Waals surface area contributed by atoms with Crippen LogP contribution in [0.3, 0.4) is 0 Å². The summed E-state index contributed by atoms with van der Waals surface area (Å²) >= 11 is 0. The van der Waals surface area contributed by atoms with Crippen molar-refractivity contribution in [2.75, 3.05) is 12.8 Å². The molecule has 0 radical (unpaired) electrons. The summed E-state index contributed by atoms with van der Waals surface area (Å²) in [7, 11) is 1.63. The number of nitrogens with two attached hydrogens (primary N) is 1. The summed E-state index contributed by atoms with van der Waals surface area (Å²) < 4.78 is 11.2. The van der Waals surface area contributed by atoms with E-state index in [4.69, 9.17) is 15.2 Å². The molecule has 0 saturated carbocycles. The van der Waals surface area contributed by atoms with Crippen LogP contribution in [-0.4, -0.2) is 7.11 Å². The van der Waals surface area contributed by atoms with Crippen molar-refractivity contribution >= 4 is 5.69 Å². The number of anilines is 1. The molecule has 3 rings (SSSR count). The molecule has 3 aromatic rings. The number of benzene rings is 3. The number of nitrogen functional groups attached to an aromatic ring is 1. The maximum absolute atomic E-state index is 5.96. The average molecular weight is 305 g/mol. The van der Waals surface area contributed by atoms with E-state index in [0.717, 1.165) is 22.4 Å². The van der Waals surface area contributed by atoms with Gasteiger partial charge in [0.15, 0.2) is 0 Å². The van der Waals surface area contributed by atoms with E-state index in [1.165, 1.54) is 0 Å². The smallest absolute Gasteiger partial charge is 0.149 e. The van der Waals surface area contributed by atoms with Gasteiger partial charge in [-0.3, -0.25) is 0 Å². The van der Waals surface area contributed by atoms with E-state index >= 15 is 0 Å². The fourth-order valence-electron chi connectivity index (χ4n) is 2.48. The highest BCUT2D eigenvalue weighted by Gasteiger charge is 2.08. The largest absolute Gasteiger partial charge is 0.494 e. The van der Waals surface area contributed by atoms with Crippen LogP contribution in [0.2, 0.25) is 0 Å². The molecule has 0 bridgehead atoms. The lowest BCUT2D eigenvalue weighted by molar-refractivity contribution is 0.306. The van der Waals surface area contributed by atoms with E-state index in [2.05, 4.69) is 0 Å². The maximum Gasteiger partial charge on any atom is 0.149 e. The summed E-state index contributed by atoms with van der Waals surface area (Å²) in [6.07, 6.45) is 0. The topological polar surface area (TPSA) is 44.5 Å². The first-order valence-corrected chi connectivity index (χ1v) is 7.47. The van der Waals surface area contributed by atoms with Gasteiger partial charge in [-0.05, 0) is 29.3 Å². The molecule has 0 aromatic heterocycles. The van der Waals surface area contributed by atoms with Crippen molar-refractivity contribution in [1.29, 1.82) is 0 Å². The molecule has 0 heterocycles. The summed E-state index contributed by atoms with van der Waals surface area (Å²) in [4.78, 5) is 0. The zero-order valence-electron chi connectivity index (χ0n) is 13.0. The quantitative estimate of drug-likeness (QED) is 0.705. The predicted molar refractivity (Wildman–Crippen MR) is 93.6 cm³/mol. The van der Waals surface area contributed by atoms with E-state index in [9.17, 15) is 0 Å². The number of hydrogen-bond acceptors (Lipinski definition) is 3. The van der Waals surface area contributed by atoms with E-state index in [1.807, 2.05) is 72.8 Å². The Morgan fingerprint density at radius 1 is 0.826 bits per heavy atom. The molecule has 3 aromatic carbocycles. The second-order valence-corrected chi connectivity index (χ2v) is 5.23. The number of rotatable bonds is 5. The predicted octanol–water partition coefficient (Wildman–Crippen LogP) is 4.52. The van der Waals surface area contributed by atoms with Crippen LogP contribution in [-0.2, 0) is 6.61 Å². The number of ether oxygens (including phenoxy) is 2. The van der Waals surface area contributed by atoms with Gasteiger partial charge in [-0.25, -0.2) is 0 Å². The molecule has 0 amide bonds. The van der Waals surface area contributed by atoms with Crippen LogP contribution in [0.5, 0.6) is 11.5 Å². The Hall–Kier alpha value is -2.94. The Bertz CT molecular complexity index is 767. The highest BCUT2D eigenvalue weighted by Crippen LogP contribution is 2.35. The van der Waals surface area contributed by atoms with Crippen LogP contribution in [0, 0.1) is 0 Å². The zero-order chi connectivity index (χ0) is 16.1. The van der Waals surface area contributed by atoms with Gasteiger partial charge in [0.1, 0.15) is 18.1 Å². The van der Waals surface area contributed by atoms with Crippen LogP contribution in [0.15, 0.2) is 72.8 Å². The molecule has 0 atom stereocenters. The zero-order valence-corrected chi connectivity index (χ0v) is 13.0. The van der Waals surface area contributed by atoms with Crippen molar-refractivity contribution in [3.63, 3.8) is 0 Å². The van der Waals surface area contributed by atoms with Gasteiger partial charge in [-0.15, -0.1) is 0 Å². The van der Waals surface area contributed by atoms with Gasteiger partial charge in [0.2, 0.25) is 0 Å². The molecule has 0 aliphatic carbocycles. The Morgan fingerprint density at radius 2 is 1.57 bits per heavy atom. The monoisotopic (exact) mass is 305 g/mol. The number of methoxy groups -OCH3 is 1. The molecule has 0 aliphatic rings. The molecule has 0 aliphatic heterocycles. The normalized spacial score (nSPS) is 10.3. The molecule has 23 heavy (non-hydrogen) atoms. The summed E-state index contributed by atoms with van der Waals surface area (Å²) in [6.45, 7) is 0.557. The van der Waals surface area contributed by atoms with E-state index in [0.29, 0.717) is 18.0 Å². The first-order valence-electron chi connectivity index (χ1n) is 7.47. The summed E-state index contributed by atoms with van der Waals surface area (Å²) in [5, 5.41) is 0. The van der Waals surface area contributed by atoms with Gasteiger partial charge in [-0.2, -0.15) is 0 Å². The van der Waals surface area contributed by atoms with E-state index < -0.39 is 0 Å². The molecule has 116 valence electrons. The lowest BCUT2D eigenvalue weighted by atomic mass is 10.0. The van der Waals surface area contributed by atoms with Gasteiger partial charge in [0.25, 0.3) is 0 Å². The van der Waals surface area contributed by atoms with Crippen molar-refractivity contribution in [3.8, 4) is 22.6 Å². The van der Waals surface area contributed by atoms with Crippen LogP contribution in [0.4, 0.5) is 5.69 Å². The van der Waals surface area contributed by atoms with Crippen molar-refractivity contribution in [2.45, 2.75) is 6.61 Å². The van der Waals surface area contributed by atoms with Gasteiger partial charge in [0, 0.05) is 5.56 Å². The Labute approximate surface area is 136 Å². The average Bonchev–Trinajstić information content (AvgIpc) is 2.61. The highest BCUT2D eigenvalue weighted by atomic mass is 16.5. The van der Waals surface area contributed by atoms with Crippen LogP contribution in [0.25, 0.3) is 11.1 Å². The minimum Gasteiger partial charge on any atom is -0.494 e. The molecular formula is C20H19NO2. The second kappa shape index (κ2) is 6.88. The second-order valence-electron chi connectivity index (χ2n) is 5.23. The third-order valence-electron chi connectivity index (χ3n) is 3.66. The van der Waals surface area contributed by atoms with E-state index in [-0.39, 0.29) is 0 Å². The first-order chi connectivity index (χ1) is 11.3. The third kappa shape index (κ3) is 3.46. The minimum atomic E-state index is 0.557. The number of para-hydroxylation sites is 1. The molecule has 3 nitrogen and oxygen atoms in total.